The third-order valence-electron chi connectivity index (χ3n) is 2.30. The molecule has 1 heterocycles. The molecule has 0 saturated heterocycles. The summed E-state index contributed by atoms with van der Waals surface area (Å²) in [4.78, 5) is 15.7. The predicted molar refractivity (Wildman–Crippen MR) is 65.3 cm³/mol. The molecule has 0 aliphatic carbocycles. The van der Waals surface area contributed by atoms with Gasteiger partial charge in [0.05, 0.1) is 11.2 Å². The van der Waals surface area contributed by atoms with Crippen molar-refractivity contribution in [2.75, 3.05) is 5.32 Å². The summed E-state index contributed by atoms with van der Waals surface area (Å²) in [6.45, 7) is 5.34. The first-order valence-electron chi connectivity index (χ1n) is 5.00. The summed E-state index contributed by atoms with van der Waals surface area (Å²) in [6, 6.07) is 9.61. The molecule has 1 N–H and O–H groups in total. The van der Waals surface area contributed by atoms with Gasteiger partial charge in [0.25, 0.3) is 0 Å². The second-order valence-corrected chi connectivity index (χ2v) is 3.52. The van der Waals surface area contributed by atoms with Gasteiger partial charge in [0.15, 0.2) is 0 Å². The fraction of sp³-hybridized carbons (Fsp3) is 0.0769. The van der Waals surface area contributed by atoms with E-state index in [-0.39, 0.29) is 5.91 Å². The largest absolute Gasteiger partial charge is 0.321 e. The Morgan fingerprint density at radius 3 is 2.94 bits per heavy atom. The normalized spacial score (nSPS) is 10.1. The highest BCUT2D eigenvalue weighted by atomic mass is 16.1. The lowest BCUT2D eigenvalue weighted by Crippen LogP contribution is -2.08. The molecule has 0 fully saturated rings. The number of amides is 1. The maximum atomic E-state index is 11.3. The first-order chi connectivity index (χ1) is 7.70. The van der Waals surface area contributed by atoms with Crippen molar-refractivity contribution < 1.29 is 4.79 Å². The number of nitrogens with one attached hydrogen (secondary N) is 1. The van der Waals surface area contributed by atoms with E-state index >= 15 is 0 Å². The molecule has 0 saturated carbocycles. The summed E-state index contributed by atoms with van der Waals surface area (Å²) >= 11 is 0. The number of hydrogen-bond acceptors (Lipinski definition) is 2. The van der Waals surface area contributed by atoms with Crippen molar-refractivity contribution in [2.45, 2.75) is 6.92 Å². The van der Waals surface area contributed by atoms with Crippen molar-refractivity contribution >= 4 is 22.5 Å². The zero-order valence-electron chi connectivity index (χ0n) is 9.03. The number of carbonyl (C=O) groups excluding carboxylic acids is 1. The van der Waals surface area contributed by atoms with Gasteiger partial charge in [-0.15, -0.1) is 0 Å². The minimum atomic E-state index is -0.226. The van der Waals surface area contributed by atoms with Crippen molar-refractivity contribution in [1.82, 2.24) is 4.98 Å². The summed E-state index contributed by atoms with van der Waals surface area (Å²) in [5, 5.41) is 3.75. The van der Waals surface area contributed by atoms with Crippen LogP contribution in [0.5, 0.6) is 0 Å². The molecule has 0 bridgehead atoms. The van der Waals surface area contributed by atoms with Crippen LogP contribution in [0.2, 0.25) is 0 Å². The molecule has 0 aliphatic rings. The highest BCUT2D eigenvalue weighted by molar-refractivity contribution is 6.04. The third kappa shape index (κ3) is 1.93. The quantitative estimate of drug-likeness (QED) is 0.777. The first-order valence-corrected chi connectivity index (χ1v) is 5.00. The van der Waals surface area contributed by atoms with Crippen LogP contribution in [0, 0.1) is 6.92 Å². The molecular weight excluding hydrogens is 200 g/mol. The van der Waals surface area contributed by atoms with Gasteiger partial charge in [-0.2, -0.15) is 0 Å². The summed E-state index contributed by atoms with van der Waals surface area (Å²) in [7, 11) is 0. The number of rotatable bonds is 2. The van der Waals surface area contributed by atoms with Gasteiger partial charge in [-0.25, -0.2) is 0 Å². The van der Waals surface area contributed by atoms with Crippen LogP contribution in [-0.2, 0) is 4.79 Å². The molecule has 16 heavy (non-hydrogen) atoms. The van der Waals surface area contributed by atoms with Crippen molar-refractivity contribution in [2.24, 2.45) is 0 Å². The Bertz CT molecular complexity index is 561. The van der Waals surface area contributed by atoms with Gasteiger partial charge in [0.1, 0.15) is 0 Å². The number of benzene rings is 1. The topological polar surface area (TPSA) is 42.0 Å². The number of anilines is 1. The third-order valence-corrected chi connectivity index (χ3v) is 2.30. The molecule has 80 valence electrons. The van der Waals surface area contributed by atoms with Gasteiger partial charge in [-0.1, -0.05) is 24.8 Å². The molecular formula is C13H12N2O. The number of aryl methyl sites for hydroxylation is 1. The molecule has 3 nitrogen and oxygen atoms in total. The van der Waals surface area contributed by atoms with E-state index in [1.54, 1.807) is 0 Å². The van der Waals surface area contributed by atoms with Crippen molar-refractivity contribution in [3.8, 4) is 0 Å². The molecule has 1 aromatic heterocycles. The molecule has 0 radical (unpaired) electrons. The Balaban J connectivity index is 2.55. The Kier molecular flexibility index (Phi) is 2.68. The first kappa shape index (κ1) is 10.4. The Morgan fingerprint density at radius 1 is 1.38 bits per heavy atom. The van der Waals surface area contributed by atoms with Crippen LogP contribution in [0.4, 0.5) is 5.69 Å². The van der Waals surface area contributed by atoms with E-state index in [1.807, 2.05) is 37.3 Å². The SMILES string of the molecule is C=CC(=O)Nc1cccc2ccc(C)nc12. The fourth-order valence-electron chi connectivity index (χ4n) is 1.53. The fourth-order valence-corrected chi connectivity index (χ4v) is 1.53. The van der Waals surface area contributed by atoms with Crippen LogP contribution < -0.4 is 5.32 Å². The van der Waals surface area contributed by atoms with Crippen LogP contribution in [-0.4, -0.2) is 10.9 Å². The zero-order valence-corrected chi connectivity index (χ0v) is 9.03. The molecule has 2 rings (SSSR count). The van der Waals surface area contributed by atoms with Crippen molar-refractivity contribution in [1.29, 1.82) is 0 Å². The van der Waals surface area contributed by atoms with Gasteiger partial charge in [-0.3, -0.25) is 9.78 Å². The molecule has 0 unspecified atom stereocenters. The van der Waals surface area contributed by atoms with Crippen LogP contribution in [0.15, 0.2) is 43.0 Å². The molecule has 0 spiro atoms. The zero-order chi connectivity index (χ0) is 11.5. The standard InChI is InChI=1S/C13H12N2O/c1-3-12(16)15-11-6-4-5-10-8-7-9(2)14-13(10)11/h3-8H,1H2,2H3,(H,15,16). The predicted octanol–water partition coefficient (Wildman–Crippen LogP) is 2.67. The van der Waals surface area contributed by atoms with Crippen molar-refractivity contribution in [3.63, 3.8) is 0 Å². The number of carbonyl (C=O) groups is 1. The van der Waals surface area contributed by atoms with Crippen LogP contribution >= 0.6 is 0 Å². The minimum Gasteiger partial charge on any atom is -0.321 e. The van der Waals surface area contributed by atoms with E-state index in [4.69, 9.17) is 0 Å². The second-order valence-electron chi connectivity index (χ2n) is 3.52. The molecule has 0 atom stereocenters. The van der Waals surface area contributed by atoms with Gasteiger partial charge >= 0.3 is 0 Å². The van der Waals surface area contributed by atoms with Crippen molar-refractivity contribution in [3.05, 3.63) is 48.7 Å². The van der Waals surface area contributed by atoms with E-state index in [2.05, 4.69) is 16.9 Å². The average molecular weight is 212 g/mol. The van der Waals surface area contributed by atoms with Crippen LogP contribution in [0.25, 0.3) is 10.9 Å². The number of hydrogen-bond donors (Lipinski definition) is 1. The molecule has 1 amide bonds. The lowest BCUT2D eigenvalue weighted by atomic mass is 10.1. The summed E-state index contributed by atoms with van der Waals surface area (Å²) in [6.07, 6.45) is 1.24. The monoisotopic (exact) mass is 212 g/mol. The second kappa shape index (κ2) is 4.14. The van der Waals surface area contributed by atoms with E-state index in [0.29, 0.717) is 5.69 Å². The summed E-state index contributed by atoms with van der Waals surface area (Å²) in [5.74, 6) is -0.226. The Labute approximate surface area is 93.8 Å². The van der Waals surface area contributed by atoms with Crippen LogP contribution in [0.1, 0.15) is 5.69 Å². The lowest BCUT2D eigenvalue weighted by molar-refractivity contribution is -0.111. The van der Waals surface area contributed by atoms with Gasteiger partial charge in [-0.05, 0) is 25.1 Å². The van der Waals surface area contributed by atoms with Gasteiger partial charge in [0, 0.05) is 11.1 Å². The Morgan fingerprint density at radius 2 is 2.19 bits per heavy atom. The smallest absolute Gasteiger partial charge is 0.247 e. The summed E-state index contributed by atoms with van der Waals surface area (Å²) < 4.78 is 0. The minimum absolute atomic E-state index is 0.226. The van der Waals surface area contributed by atoms with Gasteiger partial charge in [0.2, 0.25) is 5.91 Å². The number of para-hydroxylation sites is 1. The molecule has 1 aromatic carbocycles. The molecule has 0 aliphatic heterocycles. The maximum Gasteiger partial charge on any atom is 0.247 e. The van der Waals surface area contributed by atoms with Gasteiger partial charge < -0.3 is 5.32 Å². The molecule has 3 heteroatoms. The number of pyridine rings is 1. The average Bonchev–Trinajstić information content (AvgIpc) is 2.29. The van der Waals surface area contributed by atoms with E-state index in [9.17, 15) is 4.79 Å². The van der Waals surface area contributed by atoms with Crippen LogP contribution in [0.3, 0.4) is 0 Å². The lowest BCUT2D eigenvalue weighted by Gasteiger charge is -2.06. The highest BCUT2D eigenvalue weighted by Crippen LogP contribution is 2.21. The Hall–Kier alpha value is -2.16. The summed E-state index contributed by atoms with van der Waals surface area (Å²) in [5.41, 5.74) is 2.44. The van der Waals surface area contributed by atoms with E-state index < -0.39 is 0 Å². The van der Waals surface area contributed by atoms with E-state index in [0.717, 1.165) is 16.6 Å². The number of nitrogens with zero attached hydrogens (tertiary/aromatic N) is 1. The highest BCUT2D eigenvalue weighted by Gasteiger charge is 2.04. The molecule has 2 aromatic rings. The van der Waals surface area contributed by atoms with E-state index in [1.165, 1.54) is 6.08 Å². The number of fused-ring (bicyclic) bond motifs is 1. The number of aromatic nitrogens is 1. The maximum absolute atomic E-state index is 11.3.